The molecule has 9 nitrogen and oxygen atoms in total. The number of anilines is 1. The van der Waals surface area contributed by atoms with Gasteiger partial charge in [-0.2, -0.15) is 0 Å². The van der Waals surface area contributed by atoms with Gasteiger partial charge in [-0.1, -0.05) is 35.6 Å². The second-order valence-corrected chi connectivity index (χ2v) is 8.92. The summed E-state index contributed by atoms with van der Waals surface area (Å²) in [6.45, 7) is 4.13. The summed E-state index contributed by atoms with van der Waals surface area (Å²) in [6.07, 6.45) is 0. The summed E-state index contributed by atoms with van der Waals surface area (Å²) in [7, 11) is 1.51. The Morgan fingerprint density at radius 2 is 1.97 bits per heavy atom. The van der Waals surface area contributed by atoms with Gasteiger partial charge >= 0.3 is 0 Å². The highest BCUT2D eigenvalue weighted by molar-refractivity contribution is 7.15. The molecule has 4 aromatic rings. The molecule has 5 rings (SSSR count). The number of para-hydroxylation sites is 1. The summed E-state index contributed by atoms with van der Waals surface area (Å²) in [5.41, 5.74) is 0.887. The van der Waals surface area contributed by atoms with E-state index >= 15 is 0 Å². The van der Waals surface area contributed by atoms with Crippen molar-refractivity contribution in [2.75, 3.05) is 18.6 Å². The fraction of sp³-hybridized carbons (Fsp3) is 0.200. The van der Waals surface area contributed by atoms with Crippen molar-refractivity contribution in [1.82, 2.24) is 10.2 Å². The fourth-order valence-corrected chi connectivity index (χ4v) is 4.80. The Morgan fingerprint density at radius 3 is 2.63 bits per heavy atom. The maximum atomic E-state index is 13.7. The van der Waals surface area contributed by atoms with Crippen molar-refractivity contribution in [2.24, 2.45) is 0 Å². The van der Waals surface area contributed by atoms with Crippen LogP contribution in [0.25, 0.3) is 11.0 Å². The Labute approximate surface area is 204 Å². The highest BCUT2D eigenvalue weighted by Crippen LogP contribution is 2.43. The number of methoxy groups -OCH3 is 1. The van der Waals surface area contributed by atoms with E-state index in [0.29, 0.717) is 39.6 Å². The minimum Gasteiger partial charge on any atom is -0.503 e. The summed E-state index contributed by atoms with van der Waals surface area (Å²) >= 11 is 1.19. The van der Waals surface area contributed by atoms with Crippen LogP contribution >= 0.6 is 11.3 Å². The molecule has 0 aliphatic carbocycles. The van der Waals surface area contributed by atoms with Gasteiger partial charge in [-0.3, -0.25) is 14.5 Å². The van der Waals surface area contributed by atoms with Gasteiger partial charge in [0.15, 0.2) is 22.9 Å². The quantitative estimate of drug-likeness (QED) is 0.367. The molecule has 0 radical (unpaired) electrons. The molecule has 3 heterocycles. The zero-order valence-corrected chi connectivity index (χ0v) is 20.0. The number of aryl methyl sites for hydroxylation is 1. The van der Waals surface area contributed by atoms with Crippen LogP contribution in [0.15, 0.2) is 64.3 Å². The molecule has 0 saturated heterocycles. The van der Waals surface area contributed by atoms with E-state index in [4.69, 9.17) is 13.9 Å². The Balaban J connectivity index is 1.63. The third-order valence-corrected chi connectivity index (χ3v) is 6.47. The van der Waals surface area contributed by atoms with Crippen LogP contribution in [0.3, 0.4) is 0 Å². The van der Waals surface area contributed by atoms with Crippen molar-refractivity contribution in [3.05, 3.63) is 76.2 Å². The lowest BCUT2D eigenvalue weighted by molar-refractivity contribution is -0.117. The lowest BCUT2D eigenvalue weighted by atomic mass is 9.95. The number of aliphatic hydroxyl groups is 1. The van der Waals surface area contributed by atoms with Crippen LogP contribution in [-0.4, -0.2) is 40.7 Å². The molecule has 178 valence electrons. The summed E-state index contributed by atoms with van der Waals surface area (Å²) in [5, 5.41) is 20.6. The van der Waals surface area contributed by atoms with Gasteiger partial charge in [-0.15, -0.1) is 10.2 Å². The van der Waals surface area contributed by atoms with E-state index in [1.807, 2.05) is 6.92 Å². The number of aliphatic hydroxyl groups excluding tert-OH is 1. The molecule has 0 bridgehead atoms. The van der Waals surface area contributed by atoms with Gasteiger partial charge in [0.25, 0.3) is 5.91 Å². The molecule has 1 aliphatic heterocycles. The molecule has 1 N–H and O–H groups in total. The summed E-state index contributed by atoms with van der Waals surface area (Å²) in [4.78, 5) is 28.2. The first-order chi connectivity index (χ1) is 16.9. The number of nitrogens with zero attached hydrogens (tertiary/aromatic N) is 3. The molecule has 2 aromatic carbocycles. The van der Waals surface area contributed by atoms with Gasteiger partial charge in [0.1, 0.15) is 10.8 Å². The largest absolute Gasteiger partial charge is 0.503 e. The van der Waals surface area contributed by atoms with E-state index in [1.54, 1.807) is 55.5 Å². The van der Waals surface area contributed by atoms with E-state index in [2.05, 4.69) is 10.2 Å². The van der Waals surface area contributed by atoms with Crippen LogP contribution in [0.5, 0.6) is 11.5 Å². The number of ketones is 1. The van der Waals surface area contributed by atoms with Gasteiger partial charge in [-0.25, -0.2) is 0 Å². The predicted molar refractivity (Wildman–Crippen MR) is 129 cm³/mol. The molecule has 0 spiro atoms. The first kappa shape index (κ1) is 22.6. The number of carbonyl (C=O) groups excluding carboxylic acids is 2. The number of rotatable bonds is 7. The lowest BCUT2D eigenvalue weighted by Crippen LogP contribution is -2.31. The molecule has 1 aliphatic rings. The first-order valence-corrected chi connectivity index (χ1v) is 11.6. The predicted octanol–water partition coefficient (Wildman–Crippen LogP) is 4.78. The van der Waals surface area contributed by atoms with Crippen molar-refractivity contribution in [3.63, 3.8) is 0 Å². The molecule has 1 atom stereocenters. The van der Waals surface area contributed by atoms with Gasteiger partial charge in [-0.05, 0) is 43.7 Å². The van der Waals surface area contributed by atoms with Crippen LogP contribution in [0, 0.1) is 6.92 Å². The summed E-state index contributed by atoms with van der Waals surface area (Å²) < 4.78 is 16.7. The van der Waals surface area contributed by atoms with E-state index in [0.717, 1.165) is 0 Å². The maximum Gasteiger partial charge on any atom is 0.296 e. The number of ether oxygens (including phenoxy) is 2. The molecule has 0 fully saturated rings. The van der Waals surface area contributed by atoms with Crippen LogP contribution < -0.4 is 14.4 Å². The van der Waals surface area contributed by atoms with Crippen LogP contribution in [-0.2, 0) is 4.79 Å². The smallest absolute Gasteiger partial charge is 0.296 e. The highest BCUT2D eigenvalue weighted by atomic mass is 32.1. The molecular weight excluding hydrogens is 470 g/mol. The zero-order valence-electron chi connectivity index (χ0n) is 19.1. The third kappa shape index (κ3) is 3.81. The normalized spacial score (nSPS) is 15.8. The van der Waals surface area contributed by atoms with Crippen molar-refractivity contribution in [1.29, 1.82) is 0 Å². The minimum atomic E-state index is -0.937. The van der Waals surface area contributed by atoms with Crippen LogP contribution in [0.1, 0.15) is 34.1 Å². The van der Waals surface area contributed by atoms with E-state index in [1.165, 1.54) is 23.3 Å². The first-order valence-electron chi connectivity index (χ1n) is 10.8. The summed E-state index contributed by atoms with van der Waals surface area (Å²) in [6, 6.07) is 12.9. The minimum absolute atomic E-state index is 0.0231. The van der Waals surface area contributed by atoms with E-state index in [9.17, 15) is 14.7 Å². The maximum absolute atomic E-state index is 13.7. The zero-order chi connectivity index (χ0) is 24.7. The van der Waals surface area contributed by atoms with Crippen LogP contribution in [0.2, 0.25) is 0 Å². The van der Waals surface area contributed by atoms with Crippen molar-refractivity contribution >= 4 is 39.1 Å². The van der Waals surface area contributed by atoms with Gasteiger partial charge in [0.2, 0.25) is 10.9 Å². The lowest BCUT2D eigenvalue weighted by Gasteiger charge is -2.24. The summed E-state index contributed by atoms with van der Waals surface area (Å²) in [5.74, 6) is -0.923. The topological polar surface area (TPSA) is 115 Å². The number of amides is 1. The Morgan fingerprint density at radius 1 is 1.20 bits per heavy atom. The van der Waals surface area contributed by atoms with Crippen molar-refractivity contribution in [3.8, 4) is 11.5 Å². The number of carbonyl (C=O) groups is 2. The number of fused-ring (bicyclic) bond motifs is 1. The highest BCUT2D eigenvalue weighted by Gasteiger charge is 2.46. The molecule has 10 heteroatoms. The molecule has 35 heavy (non-hydrogen) atoms. The SMILES string of the molecule is CCOc1ccc([C@@H]2C(C(=O)c3cc4cccc(OC)c4o3)=C(O)C(=O)N2c2nnc(C)s2)cc1. The second kappa shape index (κ2) is 8.88. The van der Waals surface area contributed by atoms with Gasteiger partial charge < -0.3 is 19.0 Å². The monoisotopic (exact) mass is 491 g/mol. The molecule has 2 aromatic heterocycles. The van der Waals surface area contributed by atoms with Crippen molar-refractivity contribution in [2.45, 2.75) is 19.9 Å². The Hall–Kier alpha value is -4.18. The van der Waals surface area contributed by atoms with Crippen LogP contribution in [0.4, 0.5) is 5.13 Å². The van der Waals surface area contributed by atoms with Gasteiger partial charge in [0, 0.05) is 5.39 Å². The third-order valence-electron chi connectivity index (χ3n) is 5.63. The number of aromatic nitrogens is 2. The average molecular weight is 492 g/mol. The number of hydrogen-bond donors (Lipinski definition) is 1. The van der Waals surface area contributed by atoms with Crippen molar-refractivity contribution < 1.29 is 28.6 Å². The van der Waals surface area contributed by atoms with E-state index < -0.39 is 23.5 Å². The average Bonchev–Trinajstić information content (AvgIpc) is 3.55. The number of furan rings is 1. The Bertz CT molecular complexity index is 1470. The Kier molecular flexibility index (Phi) is 5.73. The molecule has 0 saturated carbocycles. The fourth-order valence-electron chi connectivity index (χ4n) is 4.09. The number of benzene rings is 2. The molecule has 1 amide bonds. The van der Waals surface area contributed by atoms with Gasteiger partial charge in [0.05, 0.1) is 25.3 Å². The second-order valence-electron chi connectivity index (χ2n) is 7.76. The van der Waals surface area contributed by atoms with E-state index in [-0.39, 0.29) is 16.5 Å². The molecule has 0 unspecified atom stereocenters. The number of hydrogen-bond acceptors (Lipinski definition) is 9. The number of Topliss-reactive ketones (excluding diaryl/α,β-unsaturated/α-hetero) is 1. The standard InChI is InChI=1S/C25H21N3O6S/c1-4-33-16-10-8-14(9-11-16)20-19(22(30)24(31)28(20)25-27-26-13(2)35-25)21(29)18-12-15-6-5-7-17(32-3)23(15)34-18/h5-12,20,30H,4H2,1-3H3/t20-/m1/s1. The molecular formula is C25H21N3O6S.